The first-order valence-electron chi connectivity index (χ1n) is 4.72. The highest BCUT2D eigenvalue weighted by Gasteiger charge is 2.21. The molecule has 2 heteroatoms. The van der Waals surface area contributed by atoms with Gasteiger partial charge in [-0.2, -0.15) is 0 Å². The predicted molar refractivity (Wildman–Crippen MR) is 56.5 cm³/mol. The van der Waals surface area contributed by atoms with Gasteiger partial charge in [0.15, 0.2) is 0 Å². The first kappa shape index (κ1) is 12.2. The topological polar surface area (TPSA) is 29.1 Å². The largest absolute Gasteiger partial charge is 0.347 e. The molecule has 0 aromatic heterocycles. The van der Waals surface area contributed by atoms with Crippen LogP contribution in [0.25, 0.3) is 0 Å². The lowest BCUT2D eigenvalue weighted by Gasteiger charge is -2.28. The molecule has 1 N–H and O–H groups in total. The maximum absolute atomic E-state index is 11.3. The number of hydrogen-bond donors (Lipinski definition) is 1. The van der Waals surface area contributed by atoms with Crippen LogP contribution in [0.1, 0.15) is 41.0 Å². The van der Waals surface area contributed by atoms with Gasteiger partial charge >= 0.3 is 0 Å². The van der Waals surface area contributed by atoms with E-state index in [0.29, 0.717) is 11.5 Å². The Kier molecular flexibility index (Phi) is 4.18. The molecule has 0 saturated carbocycles. The van der Waals surface area contributed by atoms with Crippen LogP contribution in [0, 0.1) is 5.92 Å². The summed E-state index contributed by atoms with van der Waals surface area (Å²) >= 11 is 0. The van der Waals surface area contributed by atoms with Crippen LogP contribution in [0.3, 0.4) is 0 Å². The summed E-state index contributed by atoms with van der Waals surface area (Å²) in [6, 6.07) is 0. The van der Waals surface area contributed by atoms with E-state index in [4.69, 9.17) is 0 Å². The Bertz CT molecular complexity index is 204. The Morgan fingerprint density at radius 3 is 2.23 bits per heavy atom. The van der Waals surface area contributed by atoms with Crippen LogP contribution in [0.2, 0.25) is 0 Å². The van der Waals surface area contributed by atoms with Crippen molar-refractivity contribution in [1.29, 1.82) is 0 Å². The zero-order valence-corrected chi connectivity index (χ0v) is 9.40. The van der Waals surface area contributed by atoms with Crippen molar-refractivity contribution in [2.24, 2.45) is 5.92 Å². The van der Waals surface area contributed by atoms with Crippen molar-refractivity contribution in [3.05, 3.63) is 12.2 Å². The van der Waals surface area contributed by atoms with E-state index in [1.165, 1.54) is 0 Å². The van der Waals surface area contributed by atoms with E-state index < -0.39 is 0 Å². The number of rotatable bonds is 4. The minimum Gasteiger partial charge on any atom is -0.347 e. The quantitative estimate of drug-likeness (QED) is 0.667. The highest BCUT2D eigenvalue weighted by atomic mass is 16.1. The highest BCUT2D eigenvalue weighted by Crippen LogP contribution is 2.15. The molecule has 13 heavy (non-hydrogen) atoms. The van der Waals surface area contributed by atoms with Gasteiger partial charge in [0.2, 0.25) is 5.91 Å². The summed E-state index contributed by atoms with van der Waals surface area (Å²) < 4.78 is 0. The smallest absolute Gasteiger partial charge is 0.246 e. The van der Waals surface area contributed by atoms with Crippen molar-refractivity contribution in [3.63, 3.8) is 0 Å². The van der Waals surface area contributed by atoms with Gasteiger partial charge in [-0.15, -0.1) is 0 Å². The lowest BCUT2D eigenvalue weighted by atomic mass is 9.92. The van der Waals surface area contributed by atoms with Gasteiger partial charge in [0, 0.05) is 11.1 Å². The van der Waals surface area contributed by atoms with Gasteiger partial charge in [-0.1, -0.05) is 20.4 Å². The Morgan fingerprint density at radius 1 is 1.46 bits per heavy atom. The van der Waals surface area contributed by atoms with Crippen molar-refractivity contribution >= 4 is 5.91 Å². The maximum Gasteiger partial charge on any atom is 0.246 e. The van der Waals surface area contributed by atoms with Crippen LogP contribution in [0.15, 0.2) is 12.2 Å². The lowest BCUT2D eigenvalue weighted by molar-refractivity contribution is -0.119. The molecule has 0 aliphatic heterocycles. The van der Waals surface area contributed by atoms with Crippen molar-refractivity contribution < 1.29 is 4.79 Å². The van der Waals surface area contributed by atoms with Crippen molar-refractivity contribution in [3.8, 4) is 0 Å². The molecule has 0 aliphatic rings. The van der Waals surface area contributed by atoms with E-state index in [1.54, 1.807) is 6.92 Å². The van der Waals surface area contributed by atoms with Gasteiger partial charge in [-0.25, -0.2) is 0 Å². The molecular weight excluding hydrogens is 162 g/mol. The Morgan fingerprint density at radius 2 is 1.92 bits per heavy atom. The molecule has 0 aromatic carbocycles. The number of nitrogens with one attached hydrogen (secondary N) is 1. The summed E-state index contributed by atoms with van der Waals surface area (Å²) in [5.74, 6) is 0.533. The normalized spacial score (nSPS) is 11.5. The molecule has 76 valence electrons. The summed E-state index contributed by atoms with van der Waals surface area (Å²) in [6.07, 6.45) is 0.978. The Labute approximate surface area is 81.4 Å². The lowest BCUT2D eigenvalue weighted by Crippen LogP contribution is -2.44. The second kappa shape index (κ2) is 4.45. The third-order valence-electron chi connectivity index (χ3n) is 1.76. The molecule has 0 radical (unpaired) electrons. The van der Waals surface area contributed by atoms with E-state index in [0.717, 1.165) is 6.42 Å². The van der Waals surface area contributed by atoms with Gasteiger partial charge < -0.3 is 5.32 Å². The van der Waals surface area contributed by atoms with Crippen LogP contribution in [-0.4, -0.2) is 11.4 Å². The number of hydrogen-bond acceptors (Lipinski definition) is 1. The second-order valence-electron chi connectivity index (χ2n) is 4.72. The van der Waals surface area contributed by atoms with E-state index in [9.17, 15) is 4.79 Å². The van der Waals surface area contributed by atoms with Crippen molar-refractivity contribution in [2.45, 2.75) is 46.6 Å². The van der Waals surface area contributed by atoms with Gasteiger partial charge in [0.1, 0.15) is 0 Å². The van der Waals surface area contributed by atoms with Crippen molar-refractivity contribution in [1.82, 2.24) is 5.32 Å². The molecule has 0 rings (SSSR count). The molecule has 0 bridgehead atoms. The van der Waals surface area contributed by atoms with Crippen molar-refractivity contribution in [2.75, 3.05) is 0 Å². The fourth-order valence-corrected chi connectivity index (χ4v) is 1.49. The molecule has 0 heterocycles. The number of carbonyl (C=O) groups is 1. The first-order chi connectivity index (χ1) is 5.74. The standard InChI is InChI=1S/C11H21NO/c1-8(2)7-11(5,6)12-10(13)9(3)4/h8H,3,7H2,1-2,4-6H3,(H,12,13). The fourth-order valence-electron chi connectivity index (χ4n) is 1.49. The average Bonchev–Trinajstić information content (AvgIpc) is 1.81. The molecule has 0 saturated heterocycles. The monoisotopic (exact) mass is 183 g/mol. The van der Waals surface area contributed by atoms with E-state index >= 15 is 0 Å². The summed E-state index contributed by atoms with van der Waals surface area (Å²) in [7, 11) is 0. The Hall–Kier alpha value is -0.790. The highest BCUT2D eigenvalue weighted by molar-refractivity contribution is 5.92. The summed E-state index contributed by atoms with van der Waals surface area (Å²) in [6.45, 7) is 13.7. The van der Waals surface area contributed by atoms with Gasteiger partial charge in [0.25, 0.3) is 0 Å². The minimum atomic E-state index is -0.135. The third kappa shape index (κ3) is 5.45. The molecule has 0 unspecified atom stereocenters. The van der Waals surface area contributed by atoms with Crippen LogP contribution in [0.4, 0.5) is 0 Å². The second-order valence-corrected chi connectivity index (χ2v) is 4.72. The third-order valence-corrected chi connectivity index (χ3v) is 1.76. The molecule has 1 amide bonds. The first-order valence-corrected chi connectivity index (χ1v) is 4.72. The van der Waals surface area contributed by atoms with Crippen LogP contribution < -0.4 is 5.32 Å². The molecule has 0 fully saturated rings. The molecule has 2 nitrogen and oxygen atoms in total. The summed E-state index contributed by atoms with van der Waals surface area (Å²) in [5, 5.41) is 2.95. The predicted octanol–water partition coefficient (Wildman–Crippen LogP) is 2.50. The van der Waals surface area contributed by atoms with E-state index in [2.05, 4.69) is 25.7 Å². The molecule has 0 aliphatic carbocycles. The zero-order valence-electron chi connectivity index (χ0n) is 9.40. The van der Waals surface area contributed by atoms with E-state index in [1.807, 2.05) is 13.8 Å². The van der Waals surface area contributed by atoms with E-state index in [-0.39, 0.29) is 11.4 Å². The molecule has 0 aromatic rings. The number of amides is 1. The average molecular weight is 183 g/mol. The van der Waals surface area contributed by atoms with Crippen LogP contribution in [0.5, 0.6) is 0 Å². The van der Waals surface area contributed by atoms with Gasteiger partial charge in [-0.3, -0.25) is 4.79 Å². The SMILES string of the molecule is C=C(C)C(=O)NC(C)(C)CC(C)C. The fraction of sp³-hybridized carbons (Fsp3) is 0.727. The summed E-state index contributed by atoms with van der Waals surface area (Å²) in [4.78, 5) is 11.3. The van der Waals surface area contributed by atoms with Crippen LogP contribution in [-0.2, 0) is 4.79 Å². The molecular formula is C11H21NO. The van der Waals surface area contributed by atoms with Crippen LogP contribution >= 0.6 is 0 Å². The van der Waals surface area contributed by atoms with Gasteiger partial charge in [-0.05, 0) is 33.1 Å². The number of carbonyl (C=O) groups excluding carboxylic acids is 1. The Balaban J connectivity index is 4.16. The van der Waals surface area contributed by atoms with Gasteiger partial charge in [0.05, 0.1) is 0 Å². The molecule has 0 atom stereocenters. The summed E-state index contributed by atoms with van der Waals surface area (Å²) in [5.41, 5.74) is 0.432. The zero-order chi connectivity index (χ0) is 10.6. The maximum atomic E-state index is 11.3. The minimum absolute atomic E-state index is 0.0503. The molecule has 0 spiro atoms.